The number of pyridine rings is 1. The predicted octanol–water partition coefficient (Wildman–Crippen LogP) is 3.85. The van der Waals surface area contributed by atoms with Crippen molar-refractivity contribution in [1.29, 1.82) is 0 Å². The SMILES string of the molecule is Cc1ccc(CC(C)(C)NC(=O)CCCc2cccnc2)cc1. The van der Waals surface area contributed by atoms with Gasteiger partial charge in [-0.05, 0) is 57.2 Å². The van der Waals surface area contributed by atoms with Gasteiger partial charge in [0.05, 0.1) is 0 Å². The fraction of sp³-hybridized carbons (Fsp3) is 0.400. The summed E-state index contributed by atoms with van der Waals surface area (Å²) in [6, 6.07) is 12.5. The van der Waals surface area contributed by atoms with E-state index in [4.69, 9.17) is 0 Å². The molecule has 0 atom stereocenters. The Kier molecular flexibility index (Phi) is 5.91. The van der Waals surface area contributed by atoms with E-state index in [0.29, 0.717) is 6.42 Å². The lowest BCUT2D eigenvalue weighted by Crippen LogP contribution is -2.45. The third kappa shape index (κ3) is 6.23. The van der Waals surface area contributed by atoms with E-state index < -0.39 is 0 Å². The normalized spacial score (nSPS) is 11.3. The maximum atomic E-state index is 12.2. The minimum atomic E-state index is -0.235. The van der Waals surface area contributed by atoms with E-state index in [1.165, 1.54) is 16.7 Å². The van der Waals surface area contributed by atoms with Crippen molar-refractivity contribution in [3.05, 3.63) is 65.5 Å². The first-order valence-corrected chi connectivity index (χ1v) is 8.20. The molecule has 0 aliphatic rings. The van der Waals surface area contributed by atoms with Crippen molar-refractivity contribution < 1.29 is 4.79 Å². The maximum absolute atomic E-state index is 12.2. The standard InChI is InChI=1S/C20H26N2O/c1-16-9-11-17(12-10-16)14-20(2,3)22-19(23)8-4-6-18-7-5-13-21-15-18/h5,7,9-13,15H,4,6,8,14H2,1-3H3,(H,22,23). The molecule has 2 rings (SSSR count). The fourth-order valence-electron chi connectivity index (χ4n) is 2.70. The summed E-state index contributed by atoms with van der Waals surface area (Å²) < 4.78 is 0. The molecule has 0 aliphatic heterocycles. The van der Waals surface area contributed by atoms with Crippen LogP contribution in [-0.2, 0) is 17.6 Å². The summed E-state index contributed by atoms with van der Waals surface area (Å²) in [5, 5.41) is 3.15. The minimum absolute atomic E-state index is 0.117. The maximum Gasteiger partial charge on any atom is 0.220 e. The van der Waals surface area contributed by atoms with Gasteiger partial charge in [-0.1, -0.05) is 35.9 Å². The van der Waals surface area contributed by atoms with Gasteiger partial charge in [0, 0.05) is 24.4 Å². The number of hydrogen-bond acceptors (Lipinski definition) is 2. The Morgan fingerprint density at radius 1 is 1.13 bits per heavy atom. The Labute approximate surface area is 139 Å². The van der Waals surface area contributed by atoms with E-state index in [9.17, 15) is 4.79 Å². The largest absolute Gasteiger partial charge is 0.351 e. The van der Waals surface area contributed by atoms with Gasteiger partial charge in [0.2, 0.25) is 5.91 Å². The van der Waals surface area contributed by atoms with E-state index in [-0.39, 0.29) is 11.4 Å². The molecule has 0 fully saturated rings. The quantitative estimate of drug-likeness (QED) is 0.844. The number of carbonyl (C=O) groups is 1. The molecule has 0 spiro atoms. The van der Waals surface area contributed by atoms with Crippen LogP contribution in [0.25, 0.3) is 0 Å². The summed E-state index contributed by atoms with van der Waals surface area (Å²) in [6.45, 7) is 6.23. The summed E-state index contributed by atoms with van der Waals surface area (Å²) in [5.41, 5.74) is 3.45. The fourth-order valence-corrected chi connectivity index (χ4v) is 2.70. The lowest BCUT2D eigenvalue weighted by Gasteiger charge is -2.26. The highest BCUT2D eigenvalue weighted by Gasteiger charge is 2.20. The third-order valence-electron chi connectivity index (χ3n) is 3.84. The number of amides is 1. The van der Waals surface area contributed by atoms with Crippen molar-refractivity contribution in [3.8, 4) is 0 Å². The van der Waals surface area contributed by atoms with Crippen LogP contribution >= 0.6 is 0 Å². The summed E-state index contributed by atoms with van der Waals surface area (Å²) in [7, 11) is 0. The van der Waals surface area contributed by atoms with Crippen molar-refractivity contribution in [1.82, 2.24) is 10.3 Å². The van der Waals surface area contributed by atoms with Crippen LogP contribution in [0.4, 0.5) is 0 Å². The van der Waals surface area contributed by atoms with Gasteiger partial charge in [0.15, 0.2) is 0 Å². The molecule has 1 aromatic heterocycles. The van der Waals surface area contributed by atoms with E-state index in [1.807, 2.05) is 18.3 Å². The highest BCUT2D eigenvalue weighted by Crippen LogP contribution is 2.14. The van der Waals surface area contributed by atoms with Crippen LogP contribution in [0.2, 0.25) is 0 Å². The molecular formula is C20H26N2O. The number of nitrogens with zero attached hydrogens (tertiary/aromatic N) is 1. The highest BCUT2D eigenvalue weighted by atomic mass is 16.1. The van der Waals surface area contributed by atoms with Crippen molar-refractivity contribution in [3.63, 3.8) is 0 Å². The van der Waals surface area contributed by atoms with Gasteiger partial charge in [-0.3, -0.25) is 9.78 Å². The van der Waals surface area contributed by atoms with Crippen LogP contribution < -0.4 is 5.32 Å². The molecule has 0 saturated carbocycles. The molecule has 0 bridgehead atoms. The monoisotopic (exact) mass is 310 g/mol. The first-order valence-electron chi connectivity index (χ1n) is 8.20. The van der Waals surface area contributed by atoms with Gasteiger partial charge in [-0.25, -0.2) is 0 Å². The molecule has 3 nitrogen and oxygen atoms in total. The van der Waals surface area contributed by atoms with E-state index in [0.717, 1.165) is 19.3 Å². The zero-order valence-electron chi connectivity index (χ0n) is 14.3. The minimum Gasteiger partial charge on any atom is -0.351 e. The average molecular weight is 310 g/mol. The molecule has 2 aromatic rings. The van der Waals surface area contributed by atoms with Crippen LogP contribution in [0.15, 0.2) is 48.8 Å². The van der Waals surface area contributed by atoms with Crippen LogP contribution in [0.1, 0.15) is 43.4 Å². The zero-order valence-corrected chi connectivity index (χ0v) is 14.3. The smallest absolute Gasteiger partial charge is 0.220 e. The topological polar surface area (TPSA) is 42.0 Å². The molecule has 1 N–H and O–H groups in total. The summed E-state index contributed by atoms with van der Waals surface area (Å²) in [4.78, 5) is 16.3. The molecule has 1 aromatic carbocycles. The Balaban J connectivity index is 1.77. The number of benzene rings is 1. The second kappa shape index (κ2) is 7.91. The van der Waals surface area contributed by atoms with Gasteiger partial charge >= 0.3 is 0 Å². The van der Waals surface area contributed by atoms with Crippen molar-refractivity contribution in [2.75, 3.05) is 0 Å². The molecule has 1 heterocycles. The second-order valence-electron chi connectivity index (χ2n) is 6.81. The van der Waals surface area contributed by atoms with Crippen LogP contribution in [0.3, 0.4) is 0 Å². The van der Waals surface area contributed by atoms with Crippen molar-refractivity contribution >= 4 is 5.91 Å². The van der Waals surface area contributed by atoms with Gasteiger partial charge < -0.3 is 5.32 Å². The summed E-state index contributed by atoms with van der Waals surface area (Å²) >= 11 is 0. The van der Waals surface area contributed by atoms with Crippen LogP contribution in [-0.4, -0.2) is 16.4 Å². The highest BCUT2D eigenvalue weighted by molar-refractivity contribution is 5.76. The van der Waals surface area contributed by atoms with E-state index in [2.05, 4.69) is 55.3 Å². The molecule has 23 heavy (non-hydrogen) atoms. The number of rotatable bonds is 7. The number of nitrogens with one attached hydrogen (secondary N) is 1. The van der Waals surface area contributed by atoms with Gasteiger partial charge in [0.25, 0.3) is 0 Å². The van der Waals surface area contributed by atoms with Gasteiger partial charge in [0.1, 0.15) is 0 Å². The number of carbonyl (C=O) groups excluding carboxylic acids is 1. The molecule has 0 radical (unpaired) electrons. The number of aryl methyl sites for hydroxylation is 2. The summed E-state index contributed by atoms with van der Waals surface area (Å²) in [6.07, 6.45) is 6.74. The molecular weight excluding hydrogens is 284 g/mol. The van der Waals surface area contributed by atoms with Gasteiger partial charge in [-0.15, -0.1) is 0 Å². The Morgan fingerprint density at radius 2 is 1.87 bits per heavy atom. The Morgan fingerprint density at radius 3 is 2.52 bits per heavy atom. The van der Waals surface area contributed by atoms with Crippen molar-refractivity contribution in [2.24, 2.45) is 0 Å². The number of aromatic nitrogens is 1. The second-order valence-corrected chi connectivity index (χ2v) is 6.81. The molecule has 0 aliphatic carbocycles. The van der Waals surface area contributed by atoms with Crippen LogP contribution in [0, 0.1) is 6.92 Å². The number of hydrogen-bond donors (Lipinski definition) is 1. The lowest BCUT2D eigenvalue weighted by atomic mass is 9.94. The average Bonchev–Trinajstić information content (AvgIpc) is 2.50. The predicted molar refractivity (Wildman–Crippen MR) is 94.3 cm³/mol. The van der Waals surface area contributed by atoms with Crippen molar-refractivity contribution in [2.45, 2.75) is 52.0 Å². The van der Waals surface area contributed by atoms with E-state index in [1.54, 1.807) is 6.20 Å². The Hall–Kier alpha value is -2.16. The molecule has 0 saturated heterocycles. The van der Waals surface area contributed by atoms with Crippen LogP contribution in [0.5, 0.6) is 0 Å². The molecule has 0 unspecified atom stereocenters. The zero-order chi connectivity index (χ0) is 16.7. The molecule has 122 valence electrons. The Bertz CT molecular complexity index is 618. The molecule has 1 amide bonds. The third-order valence-corrected chi connectivity index (χ3v) is 3.84. The lowest BCUT2D eigenvalue weighted by molar-refractivity contribution is -0.122. The summed E-state index contributed by atoms with van der Waals surface area (Å²) in [5.74, 6) is 0.117. The first kappa shape index (κ1) is 17.2. The first-order chi connectivity index (χ1) is 10.9. The van der Waals surface area contributed by atoms with Gasteiger partial charge in [-0.2, -0.15) is 0 Å². The van der Waals surface area contributed by atoms with E-state index >= 15 is 0 Å². The molecule has 3 heteroatoms.